The molecule has 0 bridgehead atoms. The van der Waals surface area contributed by atoms with Gasteiger partial charge in [-0.15, -0.1) is 0 Å². The Labute approximate surface area is 255 Å². The number of aliphatic carboxylic acids is 1. The zero-order valence-corrected chi connectivity index (χ0v) is 25.3. The summed E-state index contributed by atoms with van der Waals surface area (Å²) in [5.74, 6) is -1.74. The lowest BCUT2D eigenvalue weighted by molar-refractivity contribution is -0.192. The van der Waals surface area contributed by atoms with Crippen LogP contribution in [0.15, 0.2) is 42.5 Å². The van der Waals surface area contributed by atoms with Crippen LogP contribution in [-0.2, 0) is 21.4 Å². The fourth-order valence-electron chi connectivity index (χ4n) is 6.14. The van der Waals surface area contributed by atoms with Crippen LogP contribution in [0.4, 0.5) is 18.9 Å². The highest BCUT2D eigenvalue weighted by molar-refractivity contribution is 6.07. The van der Waals surface area contributed by atoms with Crippen LogP contribution < -0.4 is 15.7 Å². The molecule has 2 unspecified atom stereocenters. The van der Waals surface area contributed by atoms with Gasteiger partial charge in [-0.25, -0.2) is 10.3 Å². The van der Waals surface area contributed by atoms with Crippen molar-refractivity contribution >= 4 is 23.5 Å². The molecule has 1 saturated carbocycles. The molecule has 12 heteroatoms. The van der Waals surface area contributed by atoms with Crippen LogP contribution in [0.1, 0.15) is 72.5 Å². The first kappa shape index (κ1) is 33.4. The van der Waals surface area contributed by atoms with Crippen LogP contribution >= 0.6 is 0 Å². The van der Waals surface area contributed by atoms with Crippen LogP contribution in [0.3, 0.4) is 0 Å². The number of amides is 2. The van der Waals surface area contributed by atoms with Gasteiger partial charge in [0.05, 0.1) is 5.41 Å². The molecule has 3 aliphatic rings. The van der Waals surface area contributed by atoms with Gasteiger partial charge in [-0.1, -0.05) is 24.3 Å². The van der Waals surface area contributed by atoms with E-state index < -0.39 is 23.5 Å². The summed E-state index contributed by atoms with van der Waals surface area (Å²) in [6.45, 7) is 8.61. The number of rotatable bonds is 9. The summed E-state index contributed by atoms with van der Waals surface area (Å²) in [7, 11) is 1.88. The van der Waals surface area contributed by atoms with Gasteiger partial charge in [0.25, 0.3) is 5.91 Å². The van der Waals surface area contributed by atoms with Crippen molar-refractivity contribution in [2.45, 2.75) is 69.5 Å². The first-order chi connectivity index (χ1) is 20.7. The lowest BCUT2D eigenvalue weighted by Gasteiger charge is -2.32. The van der Waals surface area contributed by atoms with E-state index in [0.29, 0.717) is 17.5 Å². The minimum atomic E-state index is -5.08. The molecule has 5 rings (SSSR count). The average Bonchev–Trinajstić information content (AvgIpc) is 3.76. The van der Waals surface area contributed by atoms with Gasteiger partial charge in [0.1, 0.15) is 0 Å². The second-order valence-corrected chi connectivity index (χ2v) is 12.5. The summed E-state index contributed by atoms with van der Waals surface area (Å²) >= 11 is 0. The lowest BCUT2D eigenvalue weighted by Crippen LogP contribution is -2.38. The third-order valence-corrected chi connectivity index (χ3v) is 8.99. The number of carbonyl (C=O) groups is 3. The van der Waals surface area contributed by atoms with Crippen molar-refractivity contribution in [3.8, 4) is 0 Å². The maximum Gasteiger partial charge on any atom is 0.490 e. The minimum absolute atomic E-state index is 0.180. The quantitative estimate of drug-likeness (QED) is 0.242. The monoisotopic (exact) mass is 618 g/mol. The van der Waals surface area contributed by atoms with Crippen molar-refractivity contribution < 1.29 is 37.9 Å². The number of benzene rings is 2. The summed E-state index contributed by atoms with van der Waals surface area (Å²) in [4.78, 5) is 37.3. The molecule has 2 atom stereocenters. The molecule has 2 heterocycles. The molecule has 4 N–H and O–H groups in total. The molecule has 2 aromatic rings. The number of anilines is 1. The van der Waals surface area contributed by atoms with E-state index in [-0.39, 0.29) is 5.91 Å². The topological polar surface area (TPSA) is 122 Å². The van der Waals surface area contributed by atoms with Crippen LogP contribution in [0, 0.1) is 5.92 Å². The standard InChI is InChI=1S/C30H40N4O3.C2HF3O2/c1-30(2)25-17-23(10-11-27(25)33(3)29(30)36)24-18-26(24)31-19-21-12-15-34(16-13-21)14-4-5-20-6-8-22(9-7-20)28(35)32-37;3-2(4,5)1(6)7/h6-11,17,21,24,26,31,37H,4-5,12-16,18-19H2,1-3H3,(H,32,35);(H,6,7). The summed E-state index contributed by atoms with van der Waals surface area (Å²) < 4.78 is 31.7. The van der Waals surface area contributed by atoms with Crippen molar-refractivity contribution in [3.05, 3.63) is 64.7 Å². The minimum Gasteiger partial charge on any atom is -0.475 e. The number of likely N-dealkylation sites (tertiary alicyclic amines) is 1. The Kier molecular flexibility index (Phi) is 10.4. The van der Waals surface area contributed by atoms with Gasteiger partial charge >= 0.3 is 12.1 Å². The molecule has 240 valence electrons. The van der Waals surface area contributed by atoms with Crippen molar-refractivity contribution in [2.75, 3.05) is 38.1 Å². The van der Waals surface area contributed by atoms with Crippen molar-refractivity contribution in [3.63, 3.8) is 0 Å². The average molecular weight is 619 g/mol. The van der Waals surface area contributed by atoms with E-state index in [1.54, 1.807) is 22.5 Å². The SMILES string of the molecule is CN1C(=O)C(C)(C)c2cc(C3CC3NCC3CCN(CCCc4ccc(C(=O)NO)cc4)CC3)ccc21.O=C(O)C(F)(F)F. The number of hydrogen-bond acceptors (Lipinski definition) is 6. The number of hydrogen-bond donors (Lipinski definition) is 4. The third-order valence-electron chi connectivity index (χ3n) is 8.99. The fourth-order valence-corrected chi connectivity index (χ4v) is 6.14. The van der Waals surface area contributed by atoms with Crippen LogP contribution in [-0.4, -0.2) is 78.4 Å². The molecule has 9 nitrogen and oxygen atoms in total. The first-order valence-corrected chi connectivity index (χ1v) is 14.9. The molecule has 0 spiro atoms. The number of fused-ring (bicyclic) bond motifs is 1. The highest BCUT2D eigenvalue weighted by atomic mass is 19.4. The number of likely N-dealkylation sites (N-methyl/N-ethyl adjacent to an activating group) is 1. The lowest BCUT2D eigenvalue weighted by atomic mass is 9.85. The molecular formula is C32H41F3N4O5. The molecule has 0 radical (unpaired) electrons. The summed E-state index contributed by atoms with van der Waals surface area (Å²) in [5, 5.41) is 19.7. The molecule has 2 aliphatic heterocycles. The van der Waals surface area contributed by atoms with Gasteiger partial charge in [-0.05, 0) is 113 Å². The van der Waals surface area contributed by atoms with E-state index >= 15 is 0 Å². The van der Waals surface area contributed by atoms with Gasteiger partial charge < -0.3 is 20.2 Å². The Morgan fingerprint density at radius 2 is 1.70 bits per heavy atom. The van der Waals surface area contributed by atoms with Crippen LogP contribution in [0.2, 0.25) is 0 Å². The van der Waals surface area contributed by atoms with E-state index in [9.17, 15) is 22.8 Å². The predicted octanol–water partition coefficient (Wildman–Crippen LogP) is 4.48. The number of halogens is 3. The summed E-state index contributed by atoms with van der Waals surface area (Å²) in [5.41, 5.74) is 6.52. The third kappa shape index (κ3) is 7.96. The van der Waals surface area contributed by atoms with Gasteiger partial charge in [-0.2, -0.15) is 13.2 Å². The van der Waals surface area contributed by atoms with Crippen molar-refractivity contribution in [1.29, 1.82) is 0 Å². The Bertz CT molecular complexity index is 1340. The molecule has 1 saturated heterocycles. The maximum atomic E-state index is 12.6. The molecule has 44 heavy (non-hydrogen) atoms. The number of hydroxylamine groups is 1. The largest absolute Gasteiger partial charge is 0.490 e. The smallest absolute Gasteiger partial charge is 0.475 e. The predicted molar refractivity (Wildman–Crippen MR) is 159 cm³/mol. The Morgan fingerprint density at radius 3 is 2.30 bits per heavy atom. The van der Waals surface area contributed by atoms with Gasteiger partial charge in [0, 0.05) is 30.3 Å². The normalized spacial score (nSPS) is 21.3. The fraction of sp³-hybridized carbons (Fsp3) is 0.531. The number of carboxylic acid groups (broad SMARTS) is 1. The van der Waals surface area contributed by atoms with Gasteiger partial charge in [0.2, 0.25) is 5.91 Å². The Balaban J connectivity index is 0.000000566. The number of carboxylic acids is 1. The van der Waals surface area contributed by atoms with Gasteiger partial charge in [0.15, 0.2) is 0 Å². The molecule has 2 amide bonds. The zero-order chi connectivity index (χ0) is 32.2. The molecule has 0 aromatic heterocycles. The van der Waals surface area contributed by atoms with E-state index in [1.165, 1.54) is 36.0 Å². The summed E-state index contributed by atoms with van der Waals surface area (Å²) in [6, 6.07) is 14.6. The number of aryl methyl sites for hydroxylation is 1. The Hall–Kier alpha value is -3.48. The van der Waals surface area contributed by atoms with Crippen LogP contribution in [0.25, 0.3) is 0 Å². The number of alkyl halides is 3. The van der Waals surface area contributed by atoms with Crippen LogP contribution in [0.5, 0.6) is 0 Å². The van der Waals surface area contributed by atoms with E-state index in [4.69, 9.17) is 15.1 Å². The maximum absolute atomic E-state index is 12.6. The summed E-state index contributed by atoms with van der Waals surface area (Å²) in [6.07, 6.45) is 0.703. The molecule has 1 aliphatic carbocycles. The number of piperidine rings is 1. The molecular weight excluding hydrogens is 577 g/mol. The second-order valence-electron chi connectivity index (χ2n) is 12.5. The van der Waals surface area contributed by atoms with Crippen molar-refractivity contribution in [2.24, 2.45) is 5.92 Å². The Morgan fingerprint density at radius 1 is 1.07 bits per heavy atom. The number of nitrogens with zero attached hydrogens (tertiary/aromatic N) is 2. The highest BCUT2D eigenvalue weighted by Gasteiger charge is 2.44. The van der Waals surface area contributed by atoms with Crippen molar-refractivity contribution in [1.82, 2.24) is 15.7 Å². The highest BCUT2D eigenvalue weighted by Crippen LogP contribution is 2.46. The van der Waals surface area contributed by atoms with Gasteiger partial charge in [-0.3, -0.25) is 14.8 Å². The zero-order valence-electron chi connectivity index (χ0n) is 25.3. The second kappa shape index (κ2) is 13.7. The first-order valence-electron chi connectivity index (χ1n) is 14.9. The van der Waals surface area contributed by atoms with E-state index in [0.717, 1.165) is 50.6 Å². The van der Waals surface area contributed by atoms with E-state index in [1.807, 2.05) is 33.0 Å². The number of nitrogens with one attached hydrogen (secondary N) is 2. The number of carbonyl (C=O) groups excluding carboxylic acids is 2. The van der Waals surface area contributed by atoms with E-state index in [2.05, 4.69) is 28.4 Å². The molecule has 2 fully saturated rings. The molecule has 2 aromatic carbocycles.